The van der Waals surface area contributed by atoms with Gasteiger partial charge in [0.05, 0.1) is 11.7 Å². The Morgan fingerprint density at radius 2 is 1.82 bits per heavy atom. The molecule has 0 unspecified atom stereocenters. The molecule has 0 amide bonds. The number of nitrogen functional groups attached to an aromatic ring is 1. The Kier molecular flexibility index (Phi) is 4.26. The van der Waals surface area contributed by atoms with E-state index >= 15 is 0 Å². The van der Waals surface area contributed by atoms with Crippen LogP contribution in [0.25, 0.3) is 0 Å². The third-order valence-corrected chi connectivity index (χ3v) is 2.51. The molecule has 2 N–H and O–H groups in total. The highest BCUT2D eigenvalue weighted by Gasteiger charge is 2.35. The molecular formula is C12H16F3NO. The van der Waals surface area contributed by atoms with Gasteiger partial charge in [-0.05, 0) is 31.0 Å². The molecular weight excluding hydrogens is 231 g/mol. The molecule has 0 atom stereocenters. The molecule has 96 valence electrons. The van der Waals surface area contributed by atoms with Crippen LogP contribution in [0.3, 0.4) is 0 Å². The summed E-state index contributed by atoms with van der Waals surface area (Å²) < 4.78 is 43.6. The highest BCUT2D eigenvalue weighted by atomic mass is 19.4. The van der Waals surface area contributed by atoms with Gasteiger partial charge in [-0.2, -0.15) is 13.2 Å². The fourth-order valence-electron chi connectivity index (χ4n) is 1.51. The molecule has 1 rings (SSSR count). The monoisotopic (exact) mass is 247 g/mol. The van der Waals surface area contributed by atoms with Crippen molar-refractivity contribution in [1.29, 1.82) is 0 Å². The molecule has 0 aliphatic heterocycles. The summed E-state index contributed by atoms with van der Waals surface area (Å²) in [4.78, 5) is 0. The average molecular weight is 247 g/mol. The maximum Gasteiger partial charge on any atom is 0.420 e. The number of alkyl halides is 3. The van der Waals surface area contributed by atoms with Gasteiger partial charge in [0.1, 0.15) is 5.75 Å². The second-order valence-corrected chi connectivity index (χ2v) is 3.81. The summed E-state index contributed by atoms with van der Waals surface area (Å²) in [6.45, 7) is 3.75. The maximum absolute atomic E-state index is 12.8. The van der Waals surface area contributed by atoms with E-state index < -0.39 is 11.7 Å². The number of halogens is 3. The number of hydrogen-bond donors (Lipinski definition) is 1. The lowest BCUT2D eigenvalue weighted by molar-refractivity contribution is -0.139. The number of rotatable bonds is 4. The molecule has 0 spiro atoms. The lowest BCUT2D eigenvalue weighted by Gasteiger charge is -2.19. The third kappa shape index (κ3) is 3.54. The number of ether oxygens (including phenoxy) is 1. The Labute approximate surface area is 98.6 Å². The fourth-order valence-corrected chi connectivity index (χ4v) is 1.51. The van der Waals surface area contributed by atoms with Gasteiger partial charge in [-0.15, -0.1) is 0 Å². The second-order valence-electron chi connectivity index (χ2n) is 3.81. The van der Waals surface area contributed by atoms with E-state index in [1.165, 1.54) is 12.1 Å². The molecule has 1 aromatic rings. The minimum absolute atomic E-state index is 0.0780. The van der Waals surface area contributed by atoms with Gasteiger partial charge in [0.25, 0.3) is 0 Å². The number of nitrogens with two attached hydrogens (primary N) is 1. The predicted octanol–water partition coefficient (Wildman–Crippen LogP) is 3.86. The Morgan fingerprint density at radius 1 is 1.24 bits per heavy atom. The molecule has 0 fully saturated rings. The normalized spacial score (nSPS) is 11.9. The smallest absolute Gasteiger partial charge is 0.420 e. The molecule has 0 aromatic heterocycles. The van der Waals surface area contributed by atoms with E-state index in [1.807, 2.05) is 13.8 Å². The molecule has 0 saturated carbocycles. The van der Waals surface area contributed by atoms with E-state index in [-0.39, 0.29) is 17.5 Å². The highest BCUT2D eigenvalue weighted by Crippen LogP contribution is 2.38. The van der Waals surface area contributed by atoms with Crippen LogP contribution in [0.1, 0.15) is 32.3 Å². The Hall–Kier alpha value is -1.39. The molecule has 0 aliphatic carbocycles. The van der Waals surface area contributed by atoms with Crippen LogP contribution in [0.4, 0.5) is 18.9 Å². The molecule has 17 heavy (non-hydrogen) atoms. The topological polar surface area (TPSA) is 35.2 Å². The number of benzene rings is 1. The van der Waals surface area contributed by atoms with E-state index in [9.17, 15) is 13.2 Å². The summed E-state index contributed by atoms with van der Waals surface area (Å²) in [6, 6.07) is 3.58. The van der Waals surface area contributed by atoms with Crippen molar-refractivity contribution in [2.45, 2.75) is 39.0 Å². The van der Waals surface area contributed by atoms with E-state index in [4.69, 9.17) is 10.5 Å². The van der Waals surface area contributed by atoms with Crippen LogP contribution in [0.15, 0.2) is 18.2 Å². The Bertz CT molecular complexity index is 373. The molecule has 0 aliphatic rings. The summed E-state index contributed by atoms with van der Waals surface area (Å²) in [5.41, 5.74) is 4.63. The quantitative estimate of drug-likeness (QED) is 0.820. The molecule has 1 aromatic carbocycles. The fraction of sp³-hybridized carbons (Fsp3) is 0.500. The lowest BCUT2D eigenvalue weighted by Crippen LogP contribution is -2.17. The Morgan fingerprint density at radius 3 is 2.29 bits per heavy atom. The van der Waals surface area contributed by atoms with Crippen molar-refractivity contribution in [2.75, 3.05) is 5.73 Å². The van der Waals surface area contributed by atoms with Gasteiger partial charge < -0.3 is 10.5 Å². The van der Waals surface area contributed by atoms with Crippen LogP contribution in [-0.2, 0) is 6.18 Å². The second kappa shape index (κ2) is 5.29. The number of anilines is 1. The van der Waals surface area contributed by atoms with Crippen molar-refractivity contribution in [1.82, 2.24) is 0 Å². The number of hydrogen-bond acceptors (Lipinski definition) is 2. The minimum Gasteiger partial charge on any atom is -0.490 e. The van der Waals surface area contributed by atoms with Gasteiger partial charge in [0.2, 0.25) is 0 Å². The van der Waals surface area contributed by atoms with Crippen LogP contribution < -0.4 is 10.5 Å². The van der Waals surface area contributed by atoms with Crippen molar-refractivity contribution >= 4 is 5.69 Å². The summed E-state index contributed by atoms with van der Waals surface area (Å²) in [5.74, 6) is -0.152. The first-order chi connectivity index (χ1) is 7.88. The first-order valence-corrected chi connectivity index (χ1v) is 5.51. The van der Waals surface area contributed by atoms with Crippen LogP contribution >= 0.6 is 0 Å². The van der Waals surface area contributed by atoms with Crippen molar-refractivity contribution in [3.63, 3.8) is 0 Å². The molecule has 2 nitrogen and oxygen atoms in total. The van der Waals surface area contributed by atoms with Crippen LogP contribution in [0.5, 0.6) is 5.75 Å². The maximum atomic E-state index is 12.8. The van der Waals surface area contributed by atoms with Crippen LogP contribution in [0, 0.1) is 0 Å². The van der Waals surface area contributed by atoms with E-state index in [2.05, 4.69) is 0 Å². The zero-order valence-electron chi connectivity index (χ0n) is 9.84. The highest BCUT2D eigenvalue weighted by molar-refractivity contribution is 5.49. The summed E-state index contributed by atoms with van der Waals surface area (Å²) >= 11 is 0. The molecule has 0 radical (unpaired) electrons. The van der Waals surface area contributed by atoms with Crippen molar-refractivity contribution in [2.24, 2.45) is 0 Å². The van der Waals surface area contributed by atoms with Crippen molar-refractivity contribution < 1.29 is 17.9 Å². The lowest BCUT2D eigenvalue weighted by atomic mass is 10.1. The van der Waals surface area contributed by atoms with Gasteiger partial charge in [0.15, 0.2) is 0 Å². The first-order valence-electron chi connectivity index (χ1n) is 5.51. The molecule has 0 saturated heterocycles. The minimum atomic E-state index is -4.45. The first kappa shape index (κ1) is 13.7. The molecule has 0 heterocycles. The summed E-state index contributed by atoms with van der Waals surface area (Å²) in [7, 11) is 0. The zero-order valence-corrected chi connectivity index (χ0v) is 9.84. The average Bonchev–Trinajstić information content (AvgIpc) is 2.26. The standard InChI is InChI=1S/C12H16F3NO/c1-3-9(4-2)17-11-6-5-8(16)7-10(11)12(13,14)15/h5-7,9H,3-4,16H2,1-2H3. The molecule has 0 bridgehead atoms. The van der Waals surface area contributed by atoms with Gasteiger partial charge in [-0.25, -0.2) is 0 Å². The Balaban J connectivity index is 3.06. The predicted molar refractivity (Wildman–Crippen MR) is 60.9 cm³/mol. The van der Waals surface area contributed by atoms with Gasteiger partial charge in [0, 0.05) is 5.69 Å². The van der Waals surface area contributed by atoms with Crippen LogP contribution in [-0.4, -0.2) is 6.10 Å². The van der Waals surface area contributed by atoms with Gasteiger partial charge in [-0.3, -0.25) is 0 Å². The largest absolute Gasteiger partial charge is 0.490 e. The zero-order chi connectivity index (χ0) is 13.1. The summed E-state index contributed by atoms with van der Waals surface area (Å²) in [6.07, 6.45) is -3.33. The molecule has 5 heteroatoms. The van der Waals surface area contributed by atoms with Crippen molar-refractivity contribution in [3.8, 4) is 5.75 Å². The van der Waals surface area contributed by atoms with E-state index in [1.54, 1.807) is 0 Å². The van der Waals surface area contributed by atoms with E-state index in [0.717, 1.165) is 6.07 Å². The van der Waals surface area contributed by atoms with Crippen molar-refractivity contribution in [3.05, 3.63) is 23.8 Å². The van der Waals surface area contributed by atoms with Gasteiger partial charge >= 0.3 is 6.18 Å². The summed E-state index contributed by atoms with van der Waals surface area (Å²) in [5, 5.41) is 0. The van der Waals surface area contributed by atoms with E-state index in [0.29, 0.717) is 12.8 Å². The third-order valence-electron chi connectivity index (χ3n) is 2.51. The van der Waals surface area contributed by atoms with Gasteiger partial charge in [-0.1, -0.05) is 13.8 Å². The SMILES string of the molecule is CCC(CC)Oc1ccc(N)cc1C(F)(F)F. The van der Waals surface area contributed by atoms with Crippen LogP contribution in [0.2, 0.25) is 0 Å².